The fourth-order valence-electron chi connectivity index (χ4n) is 4.91. The first-order valence-corrected chi connectivity index (χ1v) is 15.5. The molecule has 2 aromatic heterocycles. The molecule has 0 saturated carbocycles. The van der Waals surface area contributed by atoms with E-state index in [0.717, 1.165) is 51.8 Å². The minimum atomic E-state index is -1.85. The molecule has 8 heteroatoms. The van der Waals surface area contributed by atoms with Crippen molar-refractivity contribution in [2.45, 2.75) is 78.2 Å². The predicted octanol–water partition coefficient (Wildman–Crippen LogP) is 5.92. The first kappa shape index (κ1) is 25.7. The van der Waals surface area contributed by atoms with Gasteiger partial charge in [0.05, 0.1) is 23.5 Å². The average Bonchev–Trinajstić information content (AvgIpc) is 3.23. The van der Waals surface area contributed by atoms with Crippen molar-refractivity contribution in [3.63, 3.8) is 0 Å². The Hall–Kier alpha value is -2.42. The maximum atomic E-state index is 12.6. The molecule has 1 aromatic carbocycles. The summed E-state index contributed by atoms with van der Waals surface area (Å²) in [7, 11) is 0.0955. The number of fused-ring (bicyclic) bond motifs is 2. The van der Waals surface area contributed by atoms with E-state index in [2.05, 4.69) is 51.1 Å². The van der Waals surface area contributed by atoms with Gasteiger partial charge >= 0.3 is 5.97 Å². The van der Waals surface area contributed by atoms with Gasteiger partial charge in [-0.3, -0.25) is 4.68 Å². The van der Waals surface area contributed by atoms with E-state index in [9.17, 15) is 9.90 Å². The lowest BCUT2D eigenvalue weighted by molar-refractivity contribution is 0.0681. The van der Waals surface area contributed by atoms with Gasteiger partial charge in [0.15, 0.2) is 8.32 Å². The molecule has 3 aromatic rings. The van der Waals surface area contributed by atoms with Crippen LogP contribution in [0.25, 0.3) is 22.0 Å². The number of carboxylic acids is 1. The molecule has 7 nitrogen and oxygen atoms in total. The van der Waals surface area contributed by atoms with Crippen molar-refractivity contribution in [2.24, 2.45) is 7.05 Å². The van der Waals surface area contributed by atoms with Gasteiger partial charge in [-0.05, 0) is 49.9 Å². The number of hydrogen-bond donors (Lipinski definition) is 1. The number of nitrogens with zero attached hydrogens (tertiary/aromatic N) is 3. The summed E-state index contributed by atoms with van der Waals surface area (Å²) >= 11 is 0. The molecule has 0 bridgehead atoms. The number of carbonyl (C=O) groups is 1. The molecule has 3 heterocycles. The first-order valence-electron chi connectivity index (χ1n) is 12.6. The van der Waals surface area contributed by atoms with Crippen LogP contribution >= 0.6 is 0 Å². The highest BCUT2D eigenvalue weighted by Gasteiger charge is 2.37. The zero-order valence-electron chi connectivity index (χ0n) is 22.2. The molecule has 0 radical (unpaired) electrons. The van der Waals surface area contributed by atoms with E-state index in [1.54, 1.807) is 0 Å². The quantitative estimate of drug-likeness (QED) is 0.338. The van der Waals surface area contributed by atoms with Crippen molar-refractivity contribution in [1.29, 1.82) is 0 Å². The molecule has 0 saturated heterocycles. The molecule has 4 rings (SSSR count). The van der Waals surface area contributed by atoms with E-state index >= 15 is 0 Å². The van der Waals surface area contributed by atoms with E-state index in [-0.39, 0.29) is 5.04 Å². The van der Waals surface area contributed by atoms with E-state index in [4.69, 9.17) is 9.16 Å². The second-order valence-electron chi connectivity index (χ2n) is 11.1. The molecular weight excluding hydrogens is 458 g/mol. The lowest BCUT2D eigenvalue weighted by Gasteiger charge is -2.36. The third-order valence-corrected chi connectivity index (χ3v) is 12.3. The molecule has 1 N–H and O–H groups in total. The lowest BCUT2D eigenvalue weighted by Crippen LogP contribution is -2.41. The maximum Gasteiger partial charge on any atom is 0.352 e. The number of aryl methyl sites for hydroxylation is 4. The number of benzene rings is 1. The fraction of sp³-hybridized carbons (Fsp3) is 0.556. The summed E-state index contributed by atoms with van der Waals surface area (Å²) in [4.78, 5) is 12.6. The summed E-state index contributed by atoms with van der Waals surface area (Å²) in [6.07, 6.45) is 2.20. The molecule has 0 atom stereocenters. The molecule has 1 aliphatic heterocycles. The summed E-state index contributed by atoms with van der Waals surface area (Å²) in [5, 5.41) is 16.2. The molecular formula is C27H39N3O4Si. The number of para-hydroxylation sites is 1. The molecule has 0 aliphatic carbocycles. The minimum absolute atomic E-state index is 0.151. The Balaban J connectivity index is 1.80. The SMILES string of the molecule is Cc1nn(C)c2c1-c1cccc3c(CCCO[Si](C)(C)C(C)(C)C)c(C(=O)O)n(c13)CCCOC2. The van der Waals surface area contributed by atoms with Crippen LogP contribution in [0.1, 0.15) is 61.1 Å². The topological polar surface area (TPSA) is 78.5 Å². The molecule has 0 amide bonds. The van der Waals surface area contributed by atoms with Crippen LogP contribution in [0.15, 0.2) is 18.2 Å². The van der Waals surface area contributed by atoms with Gasteiger partial charge in [0, 0.05) is 43.3 Å². The number of hydrogen-bond acceptors (Lipinski definition) is 4. The number of rotatable bonds is 6. The van der Waals surface area contributed by atoms with E-state index in [1.165, 1.54) is 0 Å². The second-order valence-corrected chi connectivity index (χ2v) is 15.9. The summed E-state index contributed by atoms with van der Waals surface area (Å²) in [5.74, 6) is -0.881. The first-order chi connectivity index (χ1) is 16.4. The van der Waals surface area contributed by atoms with Crippen molar-refractivity contribution < 1.29 is 19.1 Å². The summed E-state index contributed by atoms with van der Waals surface area (Å²) in [6.45, 7) is 15.5. The lowest BCUT2D eigenvalue weighted by atomic mass is 9.98. The van der Waals surface area contributed by atoms with Crippen LogP contribution in [0.4, 0.5) is 0 Å². The Kier molecular flexibility index (Phi) is 7.01. The van der Waals surface area contributed by atoms with Crippen molar-refractivity contribution in [3.8, 4) is 11.1 Å². The van der Waals surface area contributed by atoms with Gasteiger partial charge in [-0.1, -0.05) is 39.0 Å². The highest BCUT2D eigenvalue weighted by Crippen LogP contribution is 2.39. The summed E-state index contributed by atoms with van der Waals surface area (Å²) in [6, 6.07) is 6.19. The van der Waals surface area contributed by atoms with Crippen LogP contribution in [0, 0.1) is 6.92 Å². The van der Waals surface area contributed by atoms with Crippen LogP contribution in [-0.2, 0) is 35.8 Å². The zero-order chi connectivity index (χ0) is 25.5. The maximum absolute atomic E-state index is 12.6. The molecule has 0 unspecified atom stereocenters. The standard InChI is InChI=1S/C27H39N3O4Si/c1-18-23-21-12-8-11-19-20(13-9-16-34-35(6,7)27(2,3)4)25(26(31)32)30(24(19)21)14-10-15-33-17-22(23)29(5)28-18/h8,11-12H,9-10,13-17H2,1-7H3,(H,31,32). The van der Waals surface area contributed by atoms with Crippen molar-refractivity contribution in [2.75, 3.05) is 13.2 Å². The van der Waals surface area contributed by atoms with E-state index in [0.29, 0.717) is 38.5 Å². The Morgan fingerprint density at radius 1 is 1.29 bits per heavy atom. The number of carboxylic acid groups (broad SMARTS) is 1. The Morgan fingerprint density at radius 2 is 2.03 bits per heavy atom. The Labute approximate surface area is 209 Å². The van der Waals surface area contributed by atoms with Gasteiger partial charge in [-0.25, -0.2) is 4.79 Å². The van der Waals surface area contributed by atoms with Crippen LogP contribution in [-0.4, -0.2) is 47.0 Å². The summed E-state index contributed by atoms with van der Waals surface area (Å²) in [5.41, 5.74) is 6.30. The highest BCUT2D eigenvalue weighted by molar-refractivity contribution is 6.74. The normalized spacial score (nSPS) is 14.8. The Morgan fingerprint density at radius 3 is 2.71 bits per heavy atom. The largest absolute Gasteiger partial charge is 0.477 e. The van der Waals surface area contributed by atoms with Crippen LogP contribution < -0.4 is 0 Å². The van der Waals surface area contributed by atoms with Gasteiger partial charge in [-0.2, -0.15) is 5.10 Å². The number of aromatic nitrogens is 3. The summed E-state index contributed by atoms with van der Waals surface area (Å²) < 4.78 is 16.2. The van der Waals surface area contributed by atoms with Crippen LogP contribution in [0.5, 0.6) is 0 Å². The van der Waals surface area contributed by atoms with Gasteiger partial charge in [-0.15, -0.1) is 0 Å². The van der Waals surface area contributed by atoms with E-state index in [1.807, 2.05) is 29.3 Å². The van der Waals surface area contributed by atoms with E-state index < -0.39 is 14.3 Å². The zero-order valence-corrected chi connectivity index (χ0v) is 23.2. The molecule has 190 valence electrons. The fourth-order valence-corrected chi connectivity index (χ4v) is 6.00. The van der Waals surface area contributed by atoms with Gasteiger partial charge in [0.1, 0.15) is 5.69 Å². The smallest absolute Gasteiger partial charge is 0.352 e. The minimum Gasteiger partial charge on any atom is -0.477 e. The highest BCUT2D eigenvalue weighted by atomic mass is 28.4. The third kappa shape index (κ3) is 4.71. The van der Waals surface area contributed by atoms with Crippen molar-refractivity contribution in [1.82, 2.24) is 14.3 Å². The average molecular weight is 498 g/mol. The van der Waals surface area contributed by atoms with Gasteiger partial charge in [0.25, 0.3) is 0 Å². The van der Waals surface area contributed by atoms with Crippen molar-refractivity contribution in [3.05, 3.63) is 40.8 Å². The number of aromatic carboxylic acids is 1. The molecule has 0 spiro atoms. The Bertz CT molecular complexity index is 1250. The second kappa shape index (κ2) is 9.56. The van der Waals surface area contributed by atoms with Crippen molar-refractivity contribution >= 4 is 25.2 Å². The molecule has 0 fully saturated rings. The van der Waals surface area contributed by atoms with Gasteiger partial charge < -0.3 is 18.8 Å². The molecule has 1 aliphatic rings. The third-order valence-electron chi connectivity index (χ3n) is 7.75. The molecule has 35 heavy (non-hydrogen) atoms. The predicted molar refractivity (Wildman–Crippen MR) is 142 cm³/mol. The number of ether oxygens (including phenoxy) is 1. The van der Waals surface area contributed by atoms with Crippen LogP contribution in [0.3, 0.4) is 0 Å². The van der Waals surface area contributed by atoms with Gasteiger partial charge in [0.2, 0.25) is 0 Å². The monoisotopic (exact) mass is 497 g/mol. The van der Waals surface area contributed by atoms with Crippen LogP contribution in [0.2, 0.25) is 18.1 Å².